The van der Waals surface area contributed by atoms with E-state index in [0.717, 1.165) is 17.1 Å². The molecule has 1 heterocycles. The number of hydrogen-bond acceptors (Lipinski definition) is 6. The average molecular weight is 366 g/mol. The van der Waals surface area contributed by atoms with Crippen molar-refractivity contribution in [3.05, 3.63) is 34.9 Å². The van der Waals surface area contributed by atoms with E-state index in [4.69, 9.17) is 16.3 Å². The SMILES string of the molecule is C=Nc1snc(-c2ccc(Cl)cc2)c1C(=O)N(C)CC(=O)OCC. The van der Waals surface area contributed by atoms with Crippen molar-refractivity contribution in [2.45, 2.75) is 6.92 Å². The number of aromatic nitrogens is 1. The van der Waals surface area contributed by atoms with Crippen molar-refractivity contribution >= 4 is 46.7 Å². The van der Waals surface area contributed by atoms with Gasteiger partial charge in [0.2, 0.25) is 0 Å². The summed E-state index contributed by atoms with van der Waals surface area (Å²) in [5.41, 5.74) is 1.53. The van der Waals surface area contributed by atoms with Crippen LogP contribution in [0.25, 0.3) is 11.3 Å². The fourth-order valence-corrected chi connectivity index (χ4v) is 2.88. The Balaban J connectivity index is 2.36. The maximum absolute atomic E-state index is 12.8. The van der Waals surface area contributed by atoms with Crippen molar-refractivity contribution in [2.24, 2.45) is 4.99 Å². The number of carbonyl (C=O) groups excluding carboxylic acids is 2. The zero-order chi connectivity index (χ0) is 17.7. The van der Waals surface area contributed by atoms with Crippen LogP contribution in [-0.4, -0.2) is 48.1 Å². The number of halogens is 1. The van der Waals surface area contributed by atoms with E-state index in [1.165, 1.54) is 11.9 Å². The lowest BCUT2D eigenvalue weighted by molar-refractivity contribution is -0.143. The number of hydrogen-bond donors (Lipinski definition) is 0. The maximum Gasteiger partial charge on any atom is 0.325 e. The number of benzene rings is 1. The first kappa shape index (κ1) is 18.1. The monoisotopic (exact) mass is 365 g/mol. The molecule has 0 fully saturated rings. The molecule has 2 aromatic rings. The van der Waals surface area contributed by atoms with E-state index in [1.807, 2.05) is 0 Å². The van der Waals surface area contributed by atoms with E-state index in [2.05, 4.69) is 16.1 Å². The molecule has 0 bridgehead atoms. The smallest absolute Gasteiger partial charge is 0.325 e. The third-order valence-corrected chi connectivity index (χ3v) is 4.20. The highest BCUT2D eigenvalue weighted by molar-refractivity contribution is 7.10. The van der Waals surface area contributed by atoms with Crippen molar-refractivity contribution in [1.29, 1.82) is 0 Å². The Morgan fingerprint density at radius 1 is 1.38 bits per heavy atom. The van der Waals surface area contributed by atoms with Gasteiger partial charge in [-0.1, -0.05) is 23.7 Å². The van der Waals surface area contributed by atoms with Crippen LogP contribution in [0.15, 0.2) is 29.3 Å². The highest BCUT2D eigenvalue weighted by Gasteiger charge is 2.25. The quantitative estimate of drug-likeness (QED) is 0.580. The minimum atomic E-state index is -0.474. The van der Waals surface area contributed by atoms with Gasteiger partial charge in [0.25, 0.3) is 5.91 Å². The number of amides is 1. The van der Waals surface area contributed by atoms with E-state index in [-0.39, 0.29) is 19.1 Å². The Morgan fingerprint density at radius 2 is 2.04 bits per heavy atom. The van der Waals surface area contributed by atoms with Crippen LogP contribution in [0.4, 0.5) is 5.00 Å². The van der Waals surface area contributed by atoms with Crippen molar-refractivity contribution in [2.75, 3.05) is 20.2 Å². The summed E-state index contributed by atoms with van der Waals surface area (Å²) in [4.78, 5) is 29.5. The summed E-state index contributed by atoms with van der Waals surface area (Å²) < 4.78 is 9.18. The second-order valence-corrected chi connectivity index (χ2v) is 6.03. The first-order valence-corrected chi connectivity index (χ1v) is 8.26. The third-order valence-electron chi connectivity index (χ3n) is 3.17. The minimum absolute atomic E-state index is 0.154. The summed E-state index contributed by atoms with van der Waals surface area (Å²) in [6.45, 7) is 5.30. The van der Waals surface area contributed by atoms with Crippen molar-refractivity contribution < 1.29 is 14.3 Å². The Morgan fingerprint density at radius 3 is 2.62 bits per heavy atom. The van der Waals surface area contributed by atoms with Gasteiger partial charge in [0.1, 0.15) is 17.1 Å². The van der Waals surface area contributed by atoms with Crippen molar-refractivity contribution in [3.63, 3.8) is 0 Å². The topological polar surface area (TPSA) is 71.9 Å². The molecule has 0 saturated heterocycles. The second kappa shape index (κ2) is 8.03. The van der Waals surface area contributed by atoms with Gasteiger partial charge in [0.05, 0.1) is 12.3 Å². The van der Waals surface area contributed by atoms with Gasteiger partial charge in [-0.2, -0.15) is 4.37 Å². The zero-order valence-electron chi connectivity index (χ0n) is 13.3. The van der Waals surface area contributed by atoms with Crippen LogP contribution in [0.2, 0.25) is 5.02 Å². The lowest BCUT2D eigenvalue weighted by Crippen LogP contribution is -2.33. The predicted molar refractivity (Wildman–Crippen MR) is 95.4 cm³/mol. The summed E-state index contributed by atoms with van der Waals surface area (Å²) in [7, 11) is 1.52. The fraction of sp³-hybridized carbons (Fsp3) is 0.250. The van der Waals surface area contributed by atoms with Crippen LogP contribution in [0, 0.1) is 0 Å². The molecule has 6 nitrogen and oxygen atoms in total. The summed E-state index contributed by atoms with van der Waals surface area (Å²) in [6, 6.07) is 6.97. The van der Waals surface area contributed by atoms with E-state index in [0.29, 0.717) is 21.3 Å². The molecule has 0 spiro atoms. The van der Waals surface area contributed by atoms with Crippen LogP contribution in [0.1, 0.15) is 17.3 Å². The number of likely N-dealkylation sites (N-methyl/N-ethyl adjacent to an activating group) is 1. The largest absolute Gasteiger partial charge is 0.465 e. The number of aliphatic imine (C=N–C) groups is 1. The summed E-state index contributed by atoms with van der Waals surface area (Å²) in [6.07, 6.45) is 0. The lowest BCUT2D eigenvalue weighted by Gasteiger charge is -2.16. The number of esters is 1. The molecule has 0 atom stereocenters. The van der Waals surface area contributed by atoms with Crippen LogP contribution >= 0.6 is 23.1 Å². The summed E-state index contributed by atoms with van der Waals surface area (Å²) in [5, 5.41) is 0.990. The molecule has 0 aliphatic carbocycles. The highest BCUT2D eigenvalue weighted by Crippen LogP contribution is 2.35. The van der Waals surface area contributed by atoms with Gasteiger partial charge in [-0.25, -0.2) is 0 Å². The van der Waals surface area contributed by atoms with E-state index >= 15 is 0 Å². The Hall–Kier alpha value is -2.25. The van der Waals surface area contributed by atoms with Gasteiger partial charge in [0.15, 0.2) is 0 Å². The molecule has 0 aliphatic rings. The Kier molecular flexibility index (Phi) is 6.05. The normalized spacial score (nSPS) is 10.3. The predicted octanol–water partition coefficient (Wildman–Crippen LogP) is 3.43. The van der Waals surface area contributed by atoms with Crippen molar-refractivity contribution in [1.82, 2.24) is 9.27 Å². The molecule has 8 heteroatoms. The molecular weight excluding hydrogens is 350 g/mol. The fourth-order valence-electron chi connectivity index (χ4n) is 2.05. The Labute approximate surface area is 148 Å². The summed E-state index contributed by atoms with van der Waals surface area (Å²) >= 11 is 6.97. The van der Waals surface area contributed by atoms with Crippen LogP contribution < -0.4 is 0 Å². The molecule has 2 rings (SSSR count). The van der Waals surface area contributed by atoms with Crippen LogP contribution in [-0.2, 0) is 9.53 Å². The molecule has 0 aliphatic heterocycles. The van der Waals surface area contributed by atoms with Crippen LogP contribution in [0.3, 0.4) is 0 Å². The first-order chi connectivity index (χ1) is 11.5. The molecule has 0 radical (unpaired) electrons. The molecule has 0 saturated carbocycles. The van der Waals surface area contributed by atoms with E-state index in [9.17, 15) is 9.59 Å². The van der Waals surface area contributed by atoms with Gasteiger partial charge in [-0.15, -0.1) is 0 Å². The number of rotatable bonds is 6. The molecule has 1 aromatic carbocycles. The van der Waals surface area contributed by atoms with Gasteiger partial charge >= 0.3 is 5.97 Å². The maximum atomic E-state index is 12.8. The molecule has 126 valence electrons. The minimum Gasteiger partial charge on any atom is -0.465 e. The van der Waals surface area contributed by atoms with Gasteiger partial charge in [-0.3, -0.25) is 14.6 Å². The first-order valence-electron chi connectivity index (χ1n) is 7.11. The Bertz CT molecular complexity index is 758. The molecule has 1 amide bonds. The van der Waals surface area contributed by atoms with Crippen LogP contribution in [0.5, 0.6) is 0 Å². The number of ether oxygens (including phenoxy) is 1. The zero-order valence-corrected chi connectivity index (χ0v) is 14.9. The number of nitrogens with zero attached hydrogens (tertiary/aromatic N) is 3. The lowest BCUT2D eigenvalue weighted by atomic mass is 10.1. The standard InChI is InChI=1S/C16H16ClN3O3S/c1-4-23-12(21)9-20(3)16(22)13-14(19-24-15(13)18-2)10-5-7-11(17)8-6-10/h5-8H,2,4,9H2,1,3H3. The second-order valence-electron chi connectivity index (χ2n) is 4.84. The van der Waals surface area contributed by atoms with Gasteiger partial charge in [0, 0.05) is 17.6 Å². The molecule has 1 aromatic heterocycles. The molecule has 24 heavy (non-hydrogen) atoms. The number of carbonyl (C=O) groups is 2. The van der Waals surface area contributed by atoms with Gasteiger partial charge in [-0.05, 0) is 37.3 Å². The van der Waals surface area contributed by atoms with Crippen molar-refractivity contribution in [3.8, 4) is 11.3 Å². The molecule has 0 N–H and O–H groups in total. The van der Waals surface area contributed by atoms with E-state index < -0.39 is 5.97 Å². The summed E-state index contributed by atoms with van der Waals surface area (Å²) in [5.74, 6) is -0.846. The third kappa shape index (κ3) is 3.98. The average Bonchev–Trinajstić information content (AvgIpc) is 2.98. The van der Waals surface area contributed by atoms with E-state index in [1.54, 1.807) is 31.2 Å². The molecular formula is C16H16ClN3O3S. The molecule has 0 unspecified atom stereocenters. The van der Waals surface area contributed by atoms with Gasteiger partial charge < -0.3 is 9.64 Å². The highest BCUT2D eigenvalue weighted by atomic mass is 35.5.